The highest BCUT2D eigenvalue weighted by atomic mass is 19.1. The monoisotopic (exact) mass is 332 g/mol. The molecule has 1 aromatic rings. The van der Waals surface area contributed by atoms with Gasteiger partial charge in [0.25, 0.3) is 0 Å². The van der Waals surface area contributed by atoms with E-state index in [9.17, 15) is 9.18 Å². The Hall–Kier alpha value is -1.42. The van der Waals surface area contributed by atoms with Gasteiger partial charge in [-0.15, -0.1) is 0 Å². The zero-order valence-corrected chi connectivity index (χ0v) is 14.7. The highest BCUT2D eigenvalue weighted by molar-refractivity contribution is 5.88. The molecule has 1 amide bonds. The molecular formula is C20H29FN2O. The Kier molecular flexibility index (Phi) is 5.54. The smallest absolute Gasteiger partial charge is 0.233 e. The number of halogens is 1. The van der Waals surface area contributed by atoms with E-state index in [0.29, 0.717) is 0 Å². The molecule has 1 aliphatic carbocycles. The number of carbonyl (C=O) groups is 1. The number of rotatable bonds is 5. The van der Waals surface area contributed by atoms with E-state index in [4.69, 9.17) is 0 Å². The normalized spacial score (nSPS) is 21.2. The summed E-state index contributed by atoms with van der Waals surface area (Å²) in [5.74, 6) is 0.773. The van der Waals surface area contributed by atoms with Gasteiger partial charge >= 0.3 is 0 Å². The lowest BCUT2D eigenvalue weighted by atomic mass is 9.77. The van der Waals surface area contributed by atoms with Crippen LogP contribution in [0.4, 0.5) is 4.39 Å². The van der Waals surface area contributed by atoms with Gasteiger partial charge in [-0.1, -0.05) is 25.0 Å². The fourth-order valence-corrected chi connectivity index (χ4v) is 4.45. The molecule has 0 atom stereocenters. The molecule has 0 unspecified atom stereocenters. The van der Waals surface area contributed by atoms with Crippen LogP contribution in [0.25, 0.3) is 0 Å². The Labute approximate surface area is 144 Å². The van der Waals surface area contributed by atoms with Crippen LogP contribution in [0.15, 0.2) is 24.3 Å². The van der Waals surface area contributed by atoms with Crippen LogP contribution >= 0.6 is 0 Å². The zero-order chi connectivity index (χ0) is 17.0. The fraction of sp³-hybridized carbons (Fsp3) is 0.650. The summed E-state index contributed by atoms with van der Waals surface area (Å²) in [6.07, 6.45) is 7.37. The third-order valence-corrected chi connectivity index (χ3v) is 5.97. The molecule has 2 aliphatic rings. The van der Waals surface area contributed by atoms with Crippen molar-refractivity contribution in [1.29, 1.82) is 0 Å². The Balaban J connectivity index is 1.71. The van der Waals surface area contributed by atoms with E-state index in [1.165, 1.54) is 18.6 Å². The van der Waals surface area contributed by atoms with Gasteiger partial charge in [-0.05, 0) is 69.3 Å². The SMILES string of the molecule is CNCCC1CCN(C(=O)C2(c3ccc(F)cc3)CCCC2)CC1. The van der Waals surface area contributed by atoms with Gasteiger partial charge < -0.3 is 10.2 Å². The highest BCUT2D eigenvalue weighted by Crippen LogP contribution is 2.43. The topological polar surface area (TPSA) is 32.3 Å². The molecule has 2 fully saturated rings. The second kappa shape index (κ2) is 7.64. The van der Waals surface area contributed by atoms with Crippen molar-refractivity contribution in [3.8, 4) is 0 Å². The summed E-state index contributed by atoms with van der Waals surface area (Å²) in [5.41, 5.74) is 0.592. The number of amides is 1. The number of hydrogen-bond donors (Lipinski definition) is 1. The third kappa shape index (κ3) is 3.49. The van der Waals surface area contributed by atoms with E-state index in [2.05, 4.69) is 10.2 Å². The maximum Gasteiger partial charge on any atom is 0.233 e. The Morgan fingerprint density at radius 1 is 1.21 bits per heavy atom. The van der Waals surface area contributed by atoms with Gasteiger partial charge in [0.15, 0.2) is 0 Å². The van der Waals surface area contributed by atoms with E-state index >= 15 is 0 Å². The fourth-order valence-electron chi connectivity index (χ4n) is 4.45. The summed E-state index contributed by atoms with van der Waals surface area (Å²) in [6, 6.07) is 6.62. The van der Waals surface area contributed by atoms with Crippen LogP contribution in [-0.4, -0.2) is 37.5 Å². The molecule has 4 heteroatoms. The van der Waals surface area contributed by atoms with Gasteiger partial charge in [-0.2, -0.15) is 0 Å². The molecule has 1 saturated heterocycles. The molecule has 1 saturated carbocycles. The summed E-state index contributed by atoms with van der Waals surface area (Å²) >= 11 is 0. The number of nitrogens with one attached hydrogen (secondary N) is 1. The first-order valence-electron chi connectivity index (χ1n) is 9.36. The molecule has 3 nitrogen and oxygen atoms in total. The standard InChI is InChI=1S/C20H29FN2O/c1-22-13-8-16-9-14-23(15-10-16)19(24)20(11-2-3-12-20)17-4-6-18(21)7-5-17/h4-7,16,22H,2-3,8-15H2,1H3. The average Bonchev–Trinajstić information content (AvgIpc) is 3.11. The zero-order valence-electron chi connectivity index (χ0n) is 14.7. The maximum absolute atomic E-state index is 13.3. The van der Waals surface area contributed by atoms with Crippen LogP contribution < -0.4 is 5.32 Å². The summed E-state index contributed by atoms with van der Waals surface area (Å²) in [4.78, 5) is 15.4. The number of benzene rings is 1. The Morgan fingerprint density at radius 3 is 2.42 bits per heavy atom. The minimum Gasteiger partial charge on any atom is -0.342 e. The predicted octanol–water partition coefficient (Wildman–Crippen LogP) is 3.49. The largest absolute Gasteiger partial charge is 0.342 e. The van der Waals surface area contributed by atoms with Crippen molar-refractivity contribution in [2.24, 2.45) is 5.92 Å². The maximum atomic E-state index is 13.3. The van der Waals surface area contributed by atoms with Crippen molar-refractivity contribution in [2.45, 2.75) is 50.4 Å². The van der Waals surface area contributed by atoms with Gasteiger partial charge in [-0.25, -0.2) is 4.39 Å². The molecular weight excluding hydrogens is 303 g/mol. The minimum absolute atomic E-state index is 0.232. The van der Waals surface area contributed by atoms with Crippen molar-refractivity contribution in [3.05, 3.63) is 35.6 Å². The molecule has 1 aromatic carbocycles. The van der Waals surface area contributed by atoms with E-state index in [1.807, 2.05) is 19.2 Å². The second-order valence-electron chi connectivity index (χ2n) is 7.42. The lowest BCUT2D eigenvalue weighted by Gasteiger charge is -2.39. The van der Waals surface area contributed by atoms with Crippen molar-refractivity contribution in [3.63, 3.8) is 0 Å². The summed E-state index contributed by atoms with van der Waals surface area (Å²) in [7, 11) is 1.99. The van der Waals surface area contributed by atoms with E-state index in [0.717, 1.165) is 69.6 Å². The van der Waals surface area contributed by atoms with Crippen molar-refractivity contribution >= 4 is 5.91 Å². The molecule has 0 spiro atoms. The lowest BCUT2D eigenvalue weighted by molar-refractivity contribution is -0.138. The first-order valence-corrected chi connectivity index (χ1v) is 9.36. The van der Waals surface area contributed by atoms with E-state index < -0.39 is 5.41 Å². The van der Waals surface area contributed by atoms with Crippen LogP contribution in [0, 0.1) is 11.7 Å². The predicted molar refractivity (Wildman–Crippen MR) is 94.4 cm³/mol. The number of carbonyl (C=O) groups excluding carboxylic acids is 1. The summed E-state index contributed by atoms with van der Waals surface area (Å²) in [5, 5.41) is 3.21. The quantitative estimate of drug-likeness (QED) is 0.895. The molecule has 132 valence electrons. The average molecular weight is 332 g/mol. The summed E-state index contributed by atoms with van der Waals surface area (Å²) < 4.78 is 13.3. The Morgan fingerprint density at radius 2 is 1.83 bits per heavy atom. The third-order valence-electron chi connectivity index (χ3n) is 5.97. The van der Waals surface area contributed by atoms with E-state index in [-0.39, 0.29) is 11.7 Å². The van der Waals surface area contributed by atoms with Crippen LogP contribution in [0.3, 0.4) is 0 Å². The van der Waals surface area contributed by atoms with Gasteiger partial charge in [-0.3, -0.25) is 4.79 Å². The van der Waals surface area contributed by atoms with Crippen molar-refractivity contribution < 1.29 is 9.18 Å². The molecule has 0 aromatic heterocycles. The first-order chi connectivity index (χ1) is 11.7. The molecule has 1 N–H and O–H groups in total. The Bertz CT molecular complexity index is 543. The number of likely N-dealkylation sites (tertiary alicyclic amines) is 1. The number of hydrogen-bond acceptors (Lipinski definition) is 2. The second-order valence-corrected chi connectivity index (χ2v) is 7.42. The lowest BCUT2D eigenvalue weighted by Crippen LogP contribution is -2.48. The van der Waals surface area contributed by atoms with Gasteiger partial charge in [0.05, 0.1) is 5.41 Å². The number of piperidine rings is 1. The van der Waals surface area contributed by atoms with Crippen LogP contribution in [0.1, 0.15) is 50.5 Å². The molecule has 0 bridgehead atoms. The molecule has 0 radical (unpaired) electrons. The molecule has 1 heterocycles. The van der Waals surface area contributed by atoms with Gasteiger partial charge in [0.2, 0.25) is 5.91 Å². The van der Waals surface area contributed by atoms with Crippen LogP contribution in [-0.2, 0) is 10.2 Å². The number of nitrogens with zero attached hydrogens (tertiary/aromatic N) is 1. The van der Waals surface area contributed by atoms with Crippen molar-refractivity contribution in [1.82, 2.24) is 10.2 Å². The summed E-state index contributed by atoms with van der Waals surface area (Å²) in [6.45, 7) is 2.80. The molecule has 1 aliphatic heterocycles. The first kappa shape index (κ1) is 17.4. The van der Waals surface area contributed by atoms with Gasteiger partial charge in [0.1, 0.15) is 5.82 Å². The van der Waals surface area contributed by atoms with E-state index in [1.54, 1.807) is 0 Å². The highest BCUT2D eigenvalue weighted by Gasteiger charge is 2.45. The molecule has 3 rings (SSSR count). The van der Waals surface area contributed by atoms with Crippen molar-refractivity contribution in [2.75, 3.05) is 26.7 Å². The van der Waals surface area contributed by atoms with Crippen LogP contribution in [0.2, 0.25) is 0 Å². The molecule has 24 heavy (non-hydrogen) atoms. The van der Waals surface area contributed by atoms with Gasteiger partial charge in [0, 0.05) is 13.1 Å². The van der Waals surface area contributed by atoms with Crippen LogP contribution in [0.5, 0.6) is 0 Å². The minimum atomic E-state index is -0.411.